The normalized spacial score (nSPS) is 12.5. The van der Waals surface area contributed by atoms with Gasteiger partial charge in [-0.05, 0) is 51.4 Å². The third kappa shape index (κ3) is 46.5. The number of hydrogen-bond acceptors (Lipinski definition) is 5. The molecular formula is C53H96O5. The number of carbonyl (C=O) groups excluding carboxylic acids is 2. The van der Waals surface area contributed by atoms with E-state index in [9.17, 15) is 14.7 Å². The summed E-state index contributed by atoms with van der Waals surface area (Å²) in [7, 11) is 0. The van der Waals surface area contributed by atoms with E-state index in [1.165, 1.54) is 180 Å². The molecule has 1 atom stereocenters. The van der Waals surface area contributed by atoms with Crippen LogP contribution in [0.15, 0.2) is 48.6 Å². The second kappa shape index (κ2) is 49.2. The van der Waals surface area contributed by atoms with Crippen LogP contribution >= 0.6 is 0 Å². The highest BCUT2D eigenvalue weighted by Gasteiger charge is 2.16. The Labute approximate surface area is 360 Å². The lowest BCUT2D eigenvalue weighted by molar-refractivity contribution is -0.161. The Morgan fingerprint density at radius 2 is 0.707 bits per heavy atom. The minimum absolute atomic E-state index is 0.0922. The van der Waals surface area contributed by atoms with Gasteiger partial charge in [-0.15, -0.1) is 0 Å². The molecule has 0 saturated heterocycles. The van der Waals surface area contributed by atoms with Crippen molar-refractivity contribution in [2.75, 3.05) is 13.2 Å². The van der Waals surface area contributed by atoms with Crippen molar-refractivity contribution in [3.8, 4) is 0 Å². The molecular weight excluding hydrogens is 717 g/mol. The van der Waals surface area contributed by atoms with Crippen LogP contribution in [0.25, 0.3) is 0 Å². The molecule has 0 aliphatic rings. The van der Waals surface area contributed by atoms with Crippen LogP contribution in [0.4, 0.5) is 0 Å². The molecule has 0 unspecified atom stereocenters. The van der Waals surface area contributed by atoms with Crippen molar-refractivity contribution in [2.24, 2.45) is 0 Å². The molecule has 0 heterocycles. The molecule has 5 nitrogen and oxygen atoms in total. The van der Waals surface area contributed by atoms with Gasteiger partial charge in [0.1, 0.15) is 6.61 Å². The Hall–Kier alpha value is -2.14. The summed E-state index contributed by atoms with van der Waals surface area (Å²) in [5.41, 5.74) is 0. The van der Waals surface area contributed by atoms with Gasteiger partial charge in [0.2, 0.25) is 0 Å². The number of allylic oxidation sites excluding steroid dienone is 8. The van der Waals surface area contributed by atoms with Gasteiger partial charge in [0.15, 0.2) is 6.10 Å². The van der Waals surface area contributed by atoms with Gasteiger partial charge in [-0.2, -0.15) is 0 Å². The van der Waals surface area contributed by atoms with E-state index in [1.807, 2.05) is 0 Å². The Morgan fingerprint density at radius 3 is 1.09 bits per heavy atom. The maximum Gasteiger partial charge on any atom is 0.306 e. The first-order valence-corrected chi connectivity index (χ1v) is 25.2. The molecule has 0 aromatic carbocycles. The minimum atomic E-state index is -0.793. The maximum absolute atomic E-state index is 12.3. The van der Waals surface area contributed by atoms with Crippen LogP contribution in [0.3, 0.4) is 0 Å². The van der Waals surface area contributed by atoms with Crippen LogP contribution in [0.1, 0.15) is 258 Å². The van der Waals surface area contributed by atoms with Gasteiger partial charge in [0.25, 0.3) is 0 Å². The molecule has 1 N–H and O–H groups in total. The van der Waals surface area contributed by atoms with Crippen LogP contribution in [-0.2, 0) is 19.1 Å². The number of aliphatic hydroxyl groups excluding tert-OH is 1. The van der Waals surface area contributed by atoms with Gasteiger partial charge in [0, 0.05) is 12.8 Å². The molecule has 0 radical (unpaired) electrons. The van der Waals surface area contributed by atoms with Gasteiger partial charge in [0.05, 0.1) is 6.61 Å². The summed E-state index contributed by atoms with van der Waals surface area (Å²) < 4.78 is 10.6. The van der Waals surface area contributed by atoms with E-state index in [0.29, 0.717) is 19.3 Å². The predicted molar refractivity (Wildman–Crippen MR) is 251 cm³/mol. The highest BCUT2D eigenvalue weighted by atomic mass is 16.6. The van der Waals surface area contributed by atoms with Gasteiger partial charge in [-0.3, -0.25) is 9.59 Å². The number of hydrogen-bond donors (Lipinski definition) is 1. The maximum atomic E-state index is 12.3. The Kier molecular flexibility index (Phi) is 47.4. The number of esters is 2. The number of rotatable bonds is 46. The average Bonchev–Trinajstić information content (AvgIpc) is 3.23. The lowest BCUT2D eigenvalue weighted by atomic mass is 10.0. The predicted octanol–water partition coefficient (Wildman–Crippen LogP) is 16.5. The fourth-order valence-corrected chi connectivity index (χ4v) is 7.31. The van der Waals surface area contributed by atoms with E-state index < -0.39 is 6.10 Å². The first-order valence-electron chi connectivity index (χ1n) is 25.2. The molecule has 0 bridgehead atoms. The third-order valence-electron chi connectivity index (χ3n) is 11.1. The van der Waals surface area contributed by atoms with Gasteiger partial charge < -0.3 is 14.6 Å². The molecule has 0 aliphatic carbocycles. The zero-order valence-electron chi connectivity index (χ0n) is 38.6. The molecule has 338 valence electrons. The average molecular weight is 813 g/mol. The van der Waals surface area contributed by atoms with Crippen LogP contribution in [0, 0.1) is 0 Å². The Balaban J connectivity index is 3.56. The van der Waals surface area contributed by atoms with Gasteiger partial charge >= 0.3 is 11.9 Å². The molecule has 0 fully saturated rings. The summed E-state index contributed by atoms with van der Waals surface area (Å²) in [6.07, 6.45) is 63.6. The highest BCUT2D eigenvalue weighted by Crippen LogP contribution is 2.16. The minimum Gasteiger partial charge on any atom is -0.462 e. The first-order chi connectivity index (χ1) is 28.6. The van der Waals surface area contributed by atoms with Crippen molar-refractivity contribution in [3.05, 3.63) is 48.6 Å². The largest absolute Gasteiger partial charge is 0.462 e. The highest BCUT2D eigenvalue weighted by molar-refractivity contribution is 5.70. The van der Waals surface area contributed by atoms with Crippen molar-refractivity contribution in [1.82, 2.24) is 0 Å². The molecule has 0 rings (SSSR count). The molecule has 0 aliphatic heterocycles. The zero-order valence-corrected chi connectivity index (χ0v) is 38.6. The smallest absolute Gasteiger partial charge is 0.306 e. The Morgan fingerprint density at radius 1 is 0.397 bits per heavy atom. The summed E-state index contributed by atoms with van der Waals surface area (Å²) in [6, 6.07) is 0. The summed E-state index contributed by atoms with van der Waals surface area (Å²) in [4.78, 5) is 24.4. The van der Waals surface area contributed by atoms with Crippen LogP contribution in [0.2, 0.25) is 0 Å². The van der Waals surface area contributed by atoms with Crippen molar-refractivity contribution in [3.63, 3.8) is 0 Å². The van der Waals surface area contributed by atoms with Crippen LogP contribution < -0.4 is 0 Å². The van der Waals surface area contributed by atoms with E-state index in [2.05, 4.69) is 62.5 Å². The van der Waals surface area contributed by atoms with Crippen molar-refractivity contribution < 1.29 is 24.2 Å². The molecule has 58 heavy (non-hydrogen) atoms. The van der Waals surface area contributed by atoms with E-state index in [-0.39, 0.29) is 25.2 Å². The fourth-order valence-electron chi connectivity index (χ4n) is 7.31. The lowest BCUT2D eigenvalue weighted by Gasteiger charge is -2.15. The van der Waals surface area contributed by atoms with E-state index in [4.69, 9.17) is 9.47 Å². The van der Waals surface area contributed by atoms with Crippen molar-refractivity contribution in [2.45, 2.75) is 264 Å². The number of carbonyl (C=O) groups is 2. The molecule has 0 amide bonds. The van der Waals surface area contributed by atoms with E-state index in [1.54, 1.807) is 0 Å². The number of ether oxygens (including phenoxy) is 2. The third-order valence-corrected chi connectivity index (χ3v) is 11.1. The molecule has 0 spiro atoms. The van der Waals surface area contributed by atoms with Crippen LogP contribution in [0.5, 0.6) is 0 Å². The molecule has 0 aromatic heterocycles. The summed E-state index contributed by atoms with van der Waals surface area (Å²) in [6.45, 7) is 4.12. The lowest BCUT2D eigenvalue weighted by Crippen LogP contribution is -2.28. The SMILES string of the molecule is CCCCCCCCC/C=C/C/C=C/C/C=C/C/C=C/CCCC(=O)OC[C@H](CO)OC(=O)CCCCCCCCCCCCCCCCCCCCCCCCC. The van der Waals surface area contributed by atoms with Crippen molar-refractivity contribution >= 4 is 11.9 Å². The van der Waals surface area contributed by atoms with Gasteiger partial charge in [-0.25, -0.2) is 0 Å². The summed E-state index contributed by atoms with van der Waals surface area (Å²) >= 11 is 0. The van der Waals surface area contributed by atoms with E-state index in [0.717, 1.165) is 44.9 Å². The zero-order chi connectivity index (χ0) is 42.1. The van der Waals surface area contributed by atoms with Crippen molar-refractivity contribution in [1.29, 1.82) is 0 Å². The molecule has 5 heteroatoms. The fraction of sp³-hybridized carbons (Fsp3) is 0.811. The standard InChI is InChI=1S/C53H96O5/c1-3-5-7-9-11-13-15-17-19-21-23-25-26-28-30-32-34-36-38-40-42-44-46-48-53(56)58-51(49-54)50-57-52(55)47-45-43-41-39-37-35-33-31-29-27-24-22-20-18-16-14-12-10-8-6-4-2/h20,22,27,29,33,35,39,41,51,54H,3-19,21,23-26,28,30-32,34,36-38,40,42-50H2,1-2H3/b22-20+,29-27+,35-33+,41-39+/t51-/m0/s1. The topological polar surface area (TPSA) is 72.8 Å². The second-order valence-corrected chi connectivity index (χ2v) is 16.9. The quantitative estimate of drug-likeness (QED) is 0.0376. The second-order valence-electron chi connectivity index (χ2n) is 16.9. The Bertz CT molecular complexity index is 966. The molecule has 0 aromatic rings. The monoisotopic (exact) mass is 813 g/mol. The van der Waals surface area contributed by atoms with E-state index >= 15 is 0 Å². The summed E-state index contributed by atoms with van der Waals surface area (Å²) in [5.74, 6) is -0.646. The van der Waals surface area contributed by atoms with Crippen LogP contribution in [-0.4, -0.2) is 36.4 Å². The number of unbranched alkanes of at least 4 members (excludes halogenated alkanes) is 30. The molecule has 0 saturated carbocycles. The first kappa shape index (κ1) is 55.9. The summed E-state index contributed by atoms with van der Waals surface area (Å²) in [5, 5.41) is 9.61. The number of aliphatic hydroxyl groups is 1. The van der Waals surface area contributed by atoms with Gasteiger partial charge in [-0.1, -0.05) is 242 Å².